The minimum Gasteiger partial charge on any atom is -0.496 e. The maximum Gasteiger partial charge on any atom is 0.326 e. The Morgan fingerprint density at radius 2 is 2.04 bits per heavy atom. The number of carbonyl (C=O) groups excluding carboxylic acids is 1. The van der Waals surface area contributed by atoms with Gasteiger partial charge in [-0.1, -0.05) is 12.1 Å². The minimum absolute atomic E-state index is 0.293. The van der Waals surface area contributed by atoms with Crippen molar-refractivity contribution >= 4 is 11.9 Å². The number of hydrogen-bond donors (Lipinski definition) is 1. The molecule has 1 atom stereocenters. The van der Waals surface area contributed by atoms with Crippen LogP contribution in [0.2, 0.25) is 0 Å². The Morgan fingerprint density at radius 3 is 2.71 bits per heavy atom. The van der Waals surface area contributed by atoms with Crippen LogP contribution in [0.25, 0.3) is 11.3 Å². The quantitative estimate of drug-likeness (QED) is 0.933. The third-order valence-corrected chi connectivity index (χ3v) is 4.19. The van der Waals surface area contributed by atoms with Crippen molar-refractivity contribution in [1.82, 2.24) is 9.88 Å². The molecule has 0 radical (unpaired) electrons. The van der Waals surface area contributed by atoms with Gasteiger partial charge in [-0.15, -0.1) is 0 Å². The van der Waals surface area contributed by atoms with Crippen LogP contribution in [0.5, 0.6) is 5.75 Å². The molecule has 1 aliphatic rings. The van der Waals surface area contributed by atoms with Gasteiger partial charge in [-0.05, 0) is 37.1 Å². The zero-order valence-electron chi connectivity index (χ0n) is 13.3. The first kappa shape index (κ1) is 16.0. The molecule has 6 nitrogen and oxygen atoms in total. The van der Waals surface area contributed by atoms with Gasteiger partial charge in [0.15, 0.2) is 0 Å². The predicted octanol–water partition coefficient (Wildman–Crippen LogP) is 2.45. The topological polar surface area (TPSA) is 79.7 Å². The fourth-order valence-electron chi connectivity index (χ4n) is 2.97. The number of benzene rings is 1. The molecule has 0 aliphatic carbocycles. The van der Waals surface area contributed by atoms with Crippen LogP contribution in [0.4, 0.5) is 0 Å². The zero-order valence-corrected chi connectivity index (χ0v) is 13.3. The second-order valence-electron chi connectivity index (χ2n) is 5.63. The summed E-state index contributed by atoms with van der Waals surface area (Å²) in [5, 5.41) is 9.21. The van der Waals surface area contributed by atoms with Crippen molar-refractivity contribution in [1.29, 1.82) is 0 Å². The van der Waals surface area contributed by atoms with E-state index in [-0.39, 0.29) is 5.91 Å². The van der Waals surface area contributed by atoms with Crippen LogP contribution in [0.15, 0.2) is 42.6 Å². The number of methoxy groups -OCH3 is 1. The first-order chi connectivity index (χ1) is 11.6. The molecule has 1 aliphatic heterocycles. The number of carboxylic acids is 1. The summed E-state index contributed by atoms with van der Waals surface area (Å²) in [6, 6.07) is 10.2. The Bertz CT molecular complexity index is 758. The van der Waals surface area contributed by atoms with Gasteiger partial charge in [-0.25, -0.2) is 4.79 Å². The van der Waals surface area contributed by atoms with E-state index in [1.807, 2.05) is 24.3 Å². The second-order valence-corrected chi connectivity index (χ2v) is 5.63. The Morgan fingerprint density at radius 1 is 1.25 bits per heavy atom. The smallest absolute Gasteiger partial charge is 0.326 e. The van der Waals surface area contributed by atoms with Crippen LogP contribution >= 0.6 is 0 Å². The number of hydrogen-bond acceptors (Lipinski definition) is 4. The van der Waals surface area contributed by atoms with Crippen molar-refractivity contribution in [2.45, 2.75) is 18.9 Å². The maximum atomic E-state index is 12.5. The third kappa shape index (κ3) is 2.95. The van der Waals surface area contributed by atoms with E-state index in [9.17, 15) is 14.7 Å². The lowest BCUT2D eigenvalue weighted by Crippen LogP contribution is -2.40. The molecule has 2 aromatic rings. The molecule has 1 unspecified atom stereocenters. The first-order valence-corrected chi connectivity index (χ1v) is 7.75. The summed E-state index contributed by atoms with van der Waals surface area (Å²) in [6.07, 6.45) is 2.69. The summed E-state index contributed by atoms with van der Waals surface area (Å²) in [5.41, 5.74) is 1.92. The standard InChI is InChI=1S/C18H18N2O4/c1-24-16-7-3-2-5-13(16)14-9-8-12(11-19-14)17(21)20-10-4-6-15(20)18(22)23/h2-3,5,7-9,11,15H,4,6,10H2,1H3,(H,22,23). The lowest BCUT2D eigenvalue weighted by atomic mass is 10.1. The van der Waals surface area contributed by atoms with Crippen molar-refractivity contribution in [3.05, 3.63) is 48.2 Å². The number of aliphatic carboxylic acids is 1. The number of likely N-dealkylation sites (tertiary alicyclic amines) is 1. The molecule has 24 heavy (non-hydrogen) atoms. The number of nitrogens with zero attached hydrogens (tertiary/aromatic N) is 2. The lowest BCUT2D eigenvalue weighted by molar-refractivity contribution is -0.141. The van der Waals surface area contributed by atoms with E-state index in [1.165, 1.54) is 11.1 Å². The molecule has 1 fully saturated rings. The Balaban J connectivity index is 1.84. The summed E-state index contributed by atoms with van der Waals surface area (Å²) in [7, 11) is 1.59. The van der Waals surface area contributed by atoms with Crippen molar-refractivity contribution in [3.63, 3.8) is 0 Å². The van der Waals surface area contributed by atoms with E-state index in [4.69, 9.17) is 4.74 Å². The molecule has 0 spiro atoms. The molecular formula is C18H18N2O4. The van der Waals surface area contributed by atoms with Gasteiger partial charge in [-0.3, -0.25) is 9.78 Å². The van der Waals surface area contributed by atoms with Gasteiger partial charge < -0.3 is 14.7 Å². The molecule has 1 amide bonds. The minimum atomic E-state index is -0.959. The molecule has 0 bridgehead atoms. The highest BCUT2D eigenvalue weighted by Crippen LogP contribution is 2.28. The molecule has 3 rings (SSSR count). The summed E-state index contributed by atoms with van der Waals surface area (Å²) in [5.74, 6) is -0.548. The van der Waals surface area contributed by atoms with Crippen LogP contribution in [-0.2, 0) is 4.79 Å². The molecule has 1 saturated heterocycles. The molecule has 1 N–H and O–H groups in total. The summed E-state index contributed by atoms with van der Waals surface area (Å²) in [4.78, 5) is 29.5. The number of aromatic nitrogens is 1. The SMILES string of the molecule is COc1ccccc1-c1ccc(C(=O)N2CCCC2C(=O)O)cn1. The summed E-state index contributed by atoms with van der Waals surface area (Å²) in [6.45, 7) is 0.462. The average molecular weight is 326 g/mol. The number of rotatable bonds is 4. The molecule has 2 heterocycles. The van der Waals surface area contributed by atoms with E-state index in [1.54, 1.807) is 19.2 Å². The van der Waals surface area contributed by atoms with Gasteiger partial charge in [0.05, 0.1) is 18.4 Å². The van der Waals surface area contributed by atoms with Crippen molar-refractivity contribution in [2.75, 3.05) is 13.7 Å². The highest BCUT2D eigenvalue weighted by Gasteiger charge is 2.34. The molecule has 124 valence electrons. The third-order valence-electron chi connectivity index (χ3n) is 4.19. The van der Waals surface area contributed by atoms with Crippen LogP contribution in [0.1, 0.15) is 23.2 Å². The summed E-state index contributed by atoms with van der Waals surface area (Å²) < 4.78 is 5.32. The number of carboxylic acid groups (broad SMARTS) is 1. The largest absolute Gasteiger partial charge is 0.496 e. The van der Waals surface area contributed by atoms with Crippen molar-refractivity contribution in [3.8, 4) is 17.0 Å². The van der Waals surface area contributed by atoms with Gasteiger partial charge >= 0.3 is 5.97 Å². The van der Waals surface area contributed by atoms with Gasteiger partial charge in [-0.2, -0.15) is 0 Å². The first-order valence-electron chi connectivity index (χ1n) is 7.75. The molecular weight excluding hydrogens is 308 g/mol. The van der Waals surface area contributed by atoms with E-state index in [2.05, 4.69) is 4.98 Å². The number of pyridine rings is 1. The Kier molecular flexibility index (Phi) is 4.46. The van der Waals surface area contributed by atoms with Crippen LogP contribution in [0, 0.1) is 0 Å². The van der Waals surface area contributed by atoms with E-state index < -0.39 is 12.0 Å². The Labute approximate surface area is 139 Å². The normalized spacial score (nSPS) is 16.9. The second kappa shape index (κ2) is 6.70. The van der Waals surface area contributed by atoms with E-state index in [0.717, 1.165) is 5.56 Å². The molecule has 1 aromatic carbocycles. The van der Waals surface area contributed by atoms with Crippen LogP contribution in [0.3, 0.4) is 0 Å². The molecule has 1 aromatic heterocycles. The molecule has 6 heteroatoms. The lowest BCUT2D eigenvalue weighted by Gasteiger charge is -2.21. The Hall–Kier alpha value is -2.89. The van der Waals surface area contributed by atoms with Gasteiger partial charge in [0.25, 0.3) is 5.91 Å². The average Bonchev–Trinajstić information content (AvgIpc) is 3.11. The van der Waals surface area contributed by atoms with Crippen LogP contribution in [-0.4, -0.2) is 46.6 Å². The number of ether oxygens (including phenoxy) is 1. The highest BCUT2D eigenvalue weighted by molar-refractivity contribution is 5.97. The number of amides is 1. The fraction of sp³-hybridized carbons (Fsp3) is 0.278. The monoisotopic (exact) mass is 326 g/mol. The number of carbonyl (C=O) groups is 2. The van der Waals surface area contributed by atoms with E-state index in [0.29, 0.717) is 36.4 Å². The summed E-state index contributed by atoms with van der Waals surface area (Å²) >= 11 is 0. The van der Waals surface area contributed by atoms with E-state index >= 15 is 0 Å². The van der Waals surface area contributed by atoms with Crippen molar-refractivity contribution < 1.29 is 19.4 Å². The van der Waals surface area contributed by atoms with Gasteiger partial charge in [0, 0.05) is 18.3 Å². The predicted molar refractivity (Wildman–Crippen MR) is 87.9 cm³/mol. The fourth-order valence-corrected chi connectivity index (χ4v) is 2.97. The van der Waals surface area contributed by atoms with Gasteiger partial charge in [0.2, 0.25) is 0 Å². The van der Waals surface area contributed by atoms with Crippen LogP contribution < -0.4 is 4.74 Å². The highest BCUT2D eigenvalue weighted by atomic mass is 16.5. The maximum absolute atomic E-state index is 12.5. The zero-order chi connectivity index (χ0) is 17.1. The number of para-hydroxylation sites is 1. The van der Waals surface area contributed by atoms with Crippen molar-refractivity contribution in [2.24, 2.45) is 0 Å². The van der Waals surface area contributed by atoms with Gasteiger partial charge in [0.1, 0.15) is 11.8 Å². The molecule has 0 saturated carbocycles.